The second kappa shape index (κ2) is 6.18. The second-order valence-electron chi connectivity index (χ2n) is 4.60. The van der Waals surface area contributed by atoms with Gasteiger partial charge in [-0.05, 0) is 19.1 Å². The number of nitrogens with zero attached hydrogens (tertiary/aromatic N) is 2. The van der Waals surface area contributed by atoms with Crippen molar-refractivity contribution in [2.45, 2.75) is 6.92 Å². The van der Waals surface area contributed by atoms with Gasteiger partial charge in [0.1, 0.15) is 11.4 Å². The van der Waals surface area contributed by atoms with Crippen LogP contribution in [0.3, 0.4) is 0 Å². The smallest absolute Gasteiger partial charge is 0.285 e. The summed E-state index contributed by atoms with van der Waals surface area (Å²) in [5.41, 5.74) is -1.25. The van der Waals surface area contributed by atoms with Crippen LogP contribution in [0.4, 0.5) is 21.5 Å². The molecule has 1 N–H and O–H groups in total. The summed E-state index contributed by atoms with van der Waals surface area (Å²) in [6.45, 7) is 1.46. The van der Waals surface area contributed by atoms with E-state index in [0.29, 0.717) is 0 Å². The van der Waals surface area contributed by atoms with E-state index < -0.39 is 38.6 Å². The minimum atomic E-state index is -0.931. The SMILES string of the molecule is Cc1cccc(C(=O)Nc2cc([N+](=O)[O-])ccc2F)c1[N+](=O)[O-]. The average Bonchev–Trinajstić information content (AvgIpc) is 2.48. The Labute approximate surface area is 128 Å². The number of carbonyl (C=O) groups excluding carboxylic acids is 1. The first-order valence-electron chi connectivity index (χ1n) is 6.30. The van der Waals surface area contributed by atoms with Crippen molar-refractivity contribution >= 4 is 23.0 Å². The first-order chi connectivity index (χ1) is 10.8. The van der Waals surface area contributed by atoms with Gasteiger partial charge >= 0.3 is 0 Å². The minimum Gasteiger partial charge on any atom is -0.319 e. The predicted molar refractivity (Wildman–Crippen MR) is 78.8 cm³/mol. The maximum absolute atomic E-state index is 13.7. The van der Waals surface area contributed by atoms with E-state index in [4.69, 9.17) is 0 Å². The van der Waals surface area contributed by atoms with Crippen LogP contribution < -0.4 is 5.32 Å². The molecule has 23 heavy (non-hydrogen) atoms. The molecule has 0 aliphatic rings. The maximum atomic E-state index is 13.7. The number of hydrogen-bond acceptors (Lipinski definition) is 5. The van der Waals surface area contributed by atoms with Crippen molar-refractivity contribution in [3.8, 4) is 0 Å². The summed E-state index contributed by atoms with van der Waals surface area (Å²) < 4.78 is 13.7. The van der Waals surface area contributed by atoms with E-state index in [1.165, 1.54) is 25.1 Å². The Hall–Kier alpha value is -3.36. The highest BCUT2D eigenvalue weighted by Crippen LogP contribution is 2.26. The molecule has 1 amide bonds. The second-order valence-corrected chi connectivity index (χ2v) is 4.60. The van der Waals surface area contributed by atoms with Gasteiger partial charge in [0.05, 0.1) is 15.5 Å². The van der Waals surface area contributed by atoms with Gasteiger partial charge in [0.2, 0.25) is 0 Å². The molecule has 0 heterocycles. The molecule has 2 aromatic rings. The molecule has 9 heteroatoms. The molecule has 0 radical (unpaired) electrons. The van der Waals surface area contributed by atoms with Crippen LogP contribution in [0.1, 0.15) is 15.9 Å². The van der Waals surface area contributed by atoms with Gasteiger partial charge in [0, 0.05) is 17.7 Å². The van der Waals surface area contributed by atoms with Crippen LogP contribution in [0.15, 0.2) is 36.4 Å². The third-order valence-electron chi connectivity index (χ3n) is 3.07. The Bertz CT molecular complexity index is 822. The van der Waals surface area contributed by atoms with E-state index in [0.717, 1.165) is 18.2 Å². The topological polar surface area (TPSA) is 115 Å². The van der Waals surface area contributed by atoms with E-state index in [2.05, 4.69) is 5.32 Å². The van der Waals surface area contributed by atoms with Crippen molar-refractivity contribution in [3.05, 3.63) is 73.6 Å². The van der Waals surface area contributed by atoms with Gasteiger partial charge in [-0.25, -0.2) is 4.39 Å². The van der Waals surface area contributed by atoms with Crippen LogP contribution >= 0.6 is 0 Å². The number of rotatable bonds is 4. The number of aryl methyl sites for hydroxylation is 1. The van der Waals surface area contributed by atoms with Gasteiger partial charge in [-0.1, -0.05) is 12.1 Å². The van der Waals surface area contributed by atoms with Crippen molar-refractivity contribution in [2.24, 2.45) is 0 Å². The summed E-state index contributed by atoms with van der Waals surface area (Å²) in [6.07, 6.45) is 0. The molecule has 0 unspecified atom stereocenters. The molecule has 0 spiro atoms. The maximum Gasteiger partial charge on any atom is 0.285 e. The third kappa shape index (κ3) is 3.28. The van der Waals surface area contributed by atoms with Crippen molar-refractivity contribution in [1.82, 2.24) is 0 Å². The first kappa shape index (κ1) is 16.0. The summed E-state index contributed by atoms with van der Waals surface area (Å²) in [7, 11) is 0. The zero-order valence-electron chi connectivity index (χ0n) is 11.8. The fourth-order valence-electron chi connectivity index (χ4n) is 2.00. The molecular weight excluding hydrogens is 309 g/mol. The summed E-state index contributed by atoms with van der Waals surface area (Å²) in [4.78, 5) is 32.5. The lowest BCUT2D eigenvalue weighted by atomic mass is 10.1. The fourth-order valence-corrected chi connectivity index (χ4v) is 2.00. The van der Waals surface area contributed by atoms with Gasteiger partial charge < -0.3 is 5.32 Å². The summed E-state index contributed by atoms with van der Waals surface area (Å²) in [6, 6.07) is 6.74. The molecule has 2 rings (SSSR count). The van der Waals surface area contributed by atoms with Crippen molar-refractivity contribution in [1.29, 1.82) is 0 Å². The molecule has 0 fully saturated rings. The van der Waals surface area contributed by atoms with Crippen LogP contribution in [0, 0.1) is 33.0 Å². The minimum absolute atomic E-state index is 0.263. The van der Waals surface area contributed by atoms with E-state index in [-0.39, 0.29) is 11.1 Å². The zero-order valence-corrected chi connectivity index (χ0v) is 11.8. The zero-order chi connectivity index (χ0) is 17.1. The standard InChI is InChI=1S/C14H10FN3O5/c1-8-3-2-4-10(13(8)18(22)23)14(19)16-12-7-9(17(20)21)5-6-11(12)15/h2-7H,1H3,(H,16,19). The van der Waals surface area contributed by atoms with Crippen molar-refractivity contribution in [3.63, 3.8) is 0 Å². The van der Waals surface area contributed by atoms with Crippen LogP contribution in [-0.2, 0) is 0 Å². The molecule has 0 aliphatic carbocycles. The molecule has 2 aromatic carbocycles. The quantitative estimate of drug-likeness (QED) is 0.686. The highest BCUT2D eigenvalue weighted by Gasteiger charge is 2.23. The molecule has 118 valence electrons. The monoisotopic (exact) mass is 319 g/mol. The summed E-state index contributed by atoms with van der Waals surface area (Å²) in [5.74, 6) is -1.82. The van der Waals surface area contributed by atoms with Gasteiger partial charge in [-0.15, -0.1) is 0 Å². The molecule has 0 aromatic heterocycles. The highest BCUT2D eigenvalue weighted by atomic mass is 19.1. The molecular formula is C14H10FN3O5. The van der Waals surface area contributed by atoms with E-state index >= 15 is 0 Å². The Morgan fingerprint density at radius 1 is 1.13 bits per heavy atom. The average molecular weight is 319 g/mol. The summed E-state index contributed by atoms with van der Waals surface area (Å²) in [5, 5.41) is 23.9. The number of amides is 1. The fraction of sp³-hybridized carbons (Fsp3) is 0.0714. The number of nitro benzene ring substituents is 2. The number of nitrogens with one attached hydrogen (secondary N) is 1. The molecule has 8 nitrogen and oxygen atoms in total. The normalized spacial score (nSPS) is 10.2. The van der Waals surface area contributed by atoms with Crippen LogP contribution in [-0.4, -0.2) is 15.8 Å². The summed E-state index contributed by atoms with van der Waals surface area (Å²) >= 11 is 0. The van der Waals surface area contributed by atoms with Gasteiger partial charge in [-0.3, -0.25) is 25.0 Å². The lowest BCUT2D eigenvalue weighted by Gasteiger charge is -2.08. The molecule has 0 bridgehead atoms. The third-order valence-corrected chi connectivity index (χ3v) is 3.07. The number of anilines is 1. The lowest BCUT2D eigenvalue weighted by molar-refractivity contribution is -0.385. The Morgan fingerprint density at radius 3 is 2.43 bits per heavy atom. The molecule has 0 saturated heterocycles. The van der Waals surface area contributed by atoms with Crippen molar-refractivity contribution in [2.75, 3.05) is 5.32 Å². The number of carbonyl (C=O) groups is 1. The Kier molecular flexibility index (Phi) is 4.30. The van der Waals surface area contributed by atoms with Crippen LogP contribution in [0.5, 0.6) is 0 Å². The predicted octanol–water partition coefficient (Wildman–Crippen LogP) is 3.20. The molecule has 0 atom stereocenters. The Balaban J connectivity index is 2.41. The molecule has 0 saturated carbocycles. The van der Waals surface area contributed by atoms with Gasteiger partial charge in [0.25, 0.3) is 17.3 Å². The van der Waals surface area contributed by atoms with E-state index in [9.17, 15) is 29.4 Å². The van der Waals surface area contributed by atoms with Gasteiger partial charge in [-0.2, -0.15) is 0 Å². The number of non-ortho nitro benzene ring substituents is 1. The number of para-hydroxylation sites is 1. The number of halogens is 1. The van der Waals surface area contributed by atoms with E-state index in [1.807, 2.05) is 0 Å². The highest BCUT2D eigenvalue weighted by molar-refractivity contribution is 6.07. The number of nitro groups is 2. The Morgan fingerprint density at radius 2 is 1.83 bits per heavy atom. The van der Waals surface area contributed by atoms with E-state index in [1.54, 1.807) is 0 Å². The van der Waals surface area contributed by atoms with Crippen LogP contribution in [0.25, 0.3) is 0 Å². The number of benzene rings is 2. The van der Waals surface area contributed by atoms with Crippen molar-refractivity contribution < 1.29 is 19.0 Å². The lowest BCUT2D eigenvalue weighted by Crippen LogP contribution is -2.15. The largest absolute Gasteiger partial charge is 0.319 e. The first-order valence-corrected chi connectivity index (χ1v) is 6.30. The molecule has 0 aliphatic heterocycles. The van der Waals surface area contributed by atoms with Crippen LogP contribution in [0.2, 0.25) is 0 Å². The van der Waals surface area contributed by atoms with Gasteiger partial charge in [0.15, 0.2) is 0 Å². The number of hydrogen-bond donors (Lipinski definition) is 1.